The zero-order valence-electron chi connectivity index (χ0n) is 9.83. The first-order chi connectivity index (χ1) is 7.08. The third-order valence-electron chi connectivity index (χ3n) is 2.67. The number of nitrogens with two attached hydrogens (primary N) is 1. The van der Waals surface area contributed by atoms with E-state index in [9.17, 15) is 0 Å². The van der Waals surface area contributed by atoms with Crippen LogP contribution in [0.1, 0.15) is 33.1 Å². The summed E-state index contributed by atoms with van der Waals surface area (Å²) in [5, 5.41) is 8.67. The number of amidine groups is 1. The molecule has 88 valence electrons. The highest BCUT2D eigenvalue weighted by molar-refractivity contribution is 8.00. The number of hydrogen-bond acceptors (Lipinski definition) is 3. The van der Waals surface area contributed by atoms with Crippen LogP contribution in [0, 0.1) is 5.41 Å². The maximum atomic E-state index is 7.14. The Bertz CT molecular complexity index is 198. The van der Waals surface area contributed by atoms with Gasteiger partial charge in [-0.25, -0.2) is 0 Å². The maximum absolute atomic E-state index is 7.14. The fourth-order valence-corrected chi connectivity index (χ4v) is 3.50. The average Bonchev–Trinajstić information content (AvgIpc) is 2.10. The van der Waals surface area contributed by atoms with Gasteiger partial charge in [0, 0.05) is 30.0 Å². The highest BCUT2D eigenvalue weighted by Crippen LogP contribution is 2.24. The Balaban J connectivity index is 2.12. The van der Waals surface area contributed by atoms with Crippen LogP contribution < -0.4 is 5.73 Å². The number of thioether (sulfide) groups is 1. The van der Waals surface area contributed by atoms with Crippen molar-refractivity contribution in [2.45, 2.75) is 43.6 Å². The Morgan fingerprint density at radius 3 is 2.47 bits per heavy atom. The fourth-order valence-electron chi connectivity index (χ4n) is 2.12. The van der Waals surface area contributed by atoms with Crippen LogP contribution in [0.3, 0.4) is 0 Å². The van der Waals surface area contributed by atoms with Gasteiger partial charge < -0.3 is 10.6 Å². The number of rotatable bonds is 5. The van der Waals surface area contributed by atoms with E-state index in [4.69, 9.17) is 11.1 Å². The van der Waals surface area contributed by atoms with Gasteiger partial charge in [-0.15, -0.1) is 0 Å². The third-order valence-corrected chi connectivity index (χ3v) is 3.89. The molecule has 3 N–H and O–H groups in total. The van der Waals surface area contributed by atoms with Crippen LogP contribution in [0.25, 0.3) is 0 Å². The van der Waals surface area contributed by atoms with Gasteiger partial charge in [-0.3, -0.25) is 5.41 Å². The zero-order chi connectivity index (χ0) is 11.3. The van der Waals surface area contributed by atoms with Crippen LogP contribution in [-0.4, -0.2) is 40.9 Å². The van der Waals surface area contributed by atoms with Gasteiger partial charge in [-0.1, -0.05) is 13.8 Å². The lowest BCUT2D eigenvalue weighted by Crippen LogP contribution is -2.40. The zero-order valence-corrected chi connectivity index (χ0v) is 10.6. The van der Waals surface area contributed by atoms with Gasteiger partial charge >= 0.3 is 0 Å². The van der Waals surface area contributed by atoms with Gasteiger partial charge in [0.25, 0.3) is 0 Å². The molecule has 0 bridgehead atoms. The molecule has 15 heavy (non-hydrogen) atoms. The molecule has 2 unspecified atom stereocenters. The van der Waals surface area contributed by atoms with E-state index < -0.39 is 0 Å². The van der Waals surface area contributed by atoms with E-state index in [1.165, 1.54) is 26.1 Å². The molecule has 0 aliphatic carbocycles. The van der Waals surface area contributed by atoms with Crippen molar-refractivity contribution in [2.24, 2.45) is 5.73 Å². The van der Waals surface area contributed by atoms with E-state index in [0.717, 1.165) is 23.3 Å². The first-order valence-electron chi connectivity index (χ1n) is 5.78. The van der Waals surface area contributed by atoms with Crippen molar-refractivity contribution in [2.75, 3.05) is 19.6 Å². The molecule has 0 aromatic carbocycles. The minimum atomic E-state index is 0.325. The van der Waals surface area contributed by atoms with E-state index >= 15 is 0 Å². The lowest BCUT2D eigenvalue weighted by molar-refractivity contribution is 0.266. The van der Waals surface area contributed by atoms with Gasteiger partial charge in [-0.2, -0.15) is 11.8 Å². The van der Waals surface area contributed by atoms with Crippen molar-refractivity contribution in [3.8, 4) is 0 Å². The smallest absolute Gasteiger partial charge is 0.0905 e. The molecule has 0 aromatic rings. The summed E-state index contributed by atoms with van der Waals surface area (Å²) in [5.41, 5.74) is 5.32. The predicted molar refractivity (Wildman–Crippen MR) is 68.7 cm³/mol. The van der Waals surface area contributed by atoms with E-state index in [-0.39, 0.29) is 0 Å². The van der Waals surface area contributed by atoms with Crippen LogP contribution >= 0.6 is 11.8 Å². The standard InChI is InChI=1S/C11H23N3S/c1-9-7-14(8-10(2)15-9)6-4-3-5-11(12)13/h9-10H,3-8H2,1-2H3,(H3,12,13). The second-order valence-electron chi connectivity index (χ2n) is 4.50. The maximum Gasteiger partial charge on any atom is 0.0905 e. The monoisotopic (exact) mass is 229 g/mol. The Hall–Kier alpha value is -0.220. The first kappa shape index (κ1) is 12.8. The molecule has 0 radical (unpaired) electrons. The molecule has 0 aromatic heterocycles. The Morgan fingerprint density at radius 2 is 1.93 bits per heavy atom. The van der Waals surface area contributed by atoms with Crippen LogP contribution in [0.4, 0.5) is 0 Å². The van der Waals surface area contributed by atoms with Crippen molar-refractivity contribution in [1.29, 1.82) is 5.41 Å². The minimum absolute atomic E-state index is 0.325. The Kier molecular flexibility index (Phi) is 5.47. The number of hydrogen-bond donors (Lipinski definition) is 2. The van der Waals surface area contributed by atoms with E-state index in [0.29, 0.717) is 5.84 Å². The Morgan fingerprint density at radius 1 is 1.33 bits per heavy atom. The van der Waals surface area contributed by atoms with Crippen molar-refractivity contribution < 1.29 is 0 Å². The molecular weight excluding hydrogens is 206 g/mol. The lowest BCUT2D eigenvalue weighted by atomic mass is 10.2. The molecule has 1 aliphatic heterocycles. The molecule has 1 aliphatic rings. The van der Waals surface area contributed by atoms with Crippen molar-refractivity contribution in [3.05, 3.63) is 0 Å². The summed E-state index contributed by atoms with van der Waals surface area (Å²) in [4.78, 5) is 2.55. The summed E-state index contributed by atoms with van der Waals surface area (Å²) in [7, 11) is 0. The summed E-state index contributed by atoms with van der Waals surface area (Å²) in [6.07, 6.45) is 2.99. The topological polar surface area (TPSA) is 53.1 Å². The van der Waals surface area contributed by atoms with Crippen LogP contribution in [0.5, 0.6) is 0 Å². The van der Waals surface area contributed by atoms with Gasteiger partial charge in [0.2, 0.25) is 0 Å². The number of nitrogens with one attached hydrogen (secondary N) is 1. The van der Waals surface area contributed by atoms with Crippen LogP contribution in [0.15, 0.2) is 0 Å². The normalized spacial score (nSPS) is 27.9. The summed E-state index contributed by atoms with van der Waals surface area (Å²) >= 11 is 2.09. The van der Waals surface area contributed by atoms with Crippen LogP contribution in [0.2, 0.25) is 0 Å². The van der Waals surface area contributed by atoms with Gasteiger partial charge in [0.1, 0.15) is 0 Å². The van der Waals surface area contributed by atoms with E-state index in [1.807, 2.05) is 0 Å². The molecule has 0 saturated carbocycles. The lowest BCUT2D eigenvalue weighted by Gasteiger charge is -2.34. The second-order valence-corrected chi connectivity index (χ2v) is 6.38. The van der Waals surface area contributed by atoms with Crippen molar-refractivity contribution in [3.63, 3.8) is 0 Å². The minimum Gasteiger partial charge on any atom is -0.388 e. The first-order valence-corrected chi connectivity index (χ1v) is 6.73. The molecular formula is C11H23N3S. The highest BCUT2D eigenvalue weighted by Gasteiger charge is 2.21. The van der Waals surface area contributed by atoms with Gasteiger partial charge in [0.05, 0.1) is 5.84 Å². The summed E-state index contributed by atoms with van der Waals surface area (Å²) in [6.45, 7) is 8.22. The Labute approximate surface area is 97.3 Å². The molecule has 1 saturated heterocycles. The van der Waals surface area contributed by atoms with Gasteiger partial charge in [0.15, 0.2) is 0 Å². The van der Waals surface area contributed by atoms with E-state index in [2.05, 4.69) is 30.5 Å². The molecule has 2 atom stereocenters. The number of nitrogens with zero attached hydrogens (tertiary/aromatic N) is 1. The van der Waals surface area contributed by atoms with Gasteiger partial charge in [-0.05, 0) is 19.4 Å². The van der Waals surface area contributed by atoms with Crippen molar-refractivity contribution in [1.82, 2.24) is 4.90 Å². The predicted octanol–water partition coefficient (Wildman–Crippen LogP) is 1.92. The summed E-state index contributed by atoms with van der Waals surface area (Å²) in [5.74, 6) is 0.325. The summed E-state index contributed by atoms with van der Waals surface area (Å²) in [6, 6.07) is 0. The molecule has 1 heterocycles. The molecule has 3 nitrogen and oxygen atoms in total. The fraction of sp³-hybridized carbons (Fsp3) is 0.909. The highest BCUT2D eigenvalue weighted by atomic mass is 32.2. The SMILES string of the molecule is CC1CN(CCCCC(=N)N)CC(C)S1. The average molecular weight is 229 g/mol. The molecule has 0 amide bonds. The quantitative estimate of drug-likeness (QED) is 0.430. The van der Waals surface area contributed by atoms with Crippen molar-refractivity contribution >= 4 is 17.6 Å². The molecule has 1 fully saturated rings. The number of unbranched alkanes of at least 4 members (excludes halogenated alkanes) is 1. The summed E-state index contributed by atoms with van der Waals surface area (Å²) < 4.78 is 0. The van der Waals surface area contributed by atoms with Crippen LogP contribution in [-0.2, 0) is 0 Å². The molecule has 1 rings (SSSR count). The third kappa shape index (κ3) is 5.42. The second kappa shape index (κ2) is 6.38. The largest absolute Gasteiger partial charge is 0.388 e. The van der Waals surface area contributed by atoms with E-state index in [1.54, 1.807) is 0 Å². The molecule has 4 heteroatoms. The molecule has 0 spiro atoms.